The number of hydrogen-bond acceptors (Lipinski definition) is 3. The van der Waals surface area contributed by atoms with Crippen molar-refractivity contribution in [2.45, 2.75) is 30.0 Å². The number of carbonyl (C=O) groups excluding carboxylic acids is 2. The van der Waals surface area contributed by atoms with Gasteiger partial charge in [0, 0.05) is 24.9 Å². The number of nitrogens with zero attached hydrogens (tertiary/aromatic N) is 1. The van der Waals surface area contributed by atoms with E-state index in [0.29, 0.717) is 6.54 Å². The monoisotopic (exact) mass is 340 g/mol. The Labute approximate surface area is 146 Å². The number of benzene rings is 2. The van der Waals surface area contributed by atoms with Crippen LogP contribution < -0.4 is 5.32 Å². The molecule has 1 N–H and O–H groups in total. The van der Waals surface area contributed by atoms with E-state index < -0.39 is 0 Å². The highest BCUT2D eigenvalue weighted by Gasteiger charge is 2.29. The normalized spacial score (nSPS) is 16.2. The number of thioether (sulfide) groups is 1. The molecule has 24 heavy (non-hydrogen) atoms. The summed E-state index contributed by atoms with van der Waals surface area (Å²) in [5.41, 5.74) is 3.11. The maximum absolute atomic E-state index is 12.5. The maximum Gasteiger partial charge on any atom is 0.238 e. The van der Waals surface area contributed by atoms with Gasteiger partial charge in [-0.05, 0) is 30.2 Å². The summed E-state index contributed by atoms with van der Waals surface area (Å²) in [5, 5.41) is 2.50. The topological polar surface area (TPSA) is 49.4 Å². The molecule has 124 valence electrons. The standard InChI is InChI=1S/C19H20N2O2S/c1-13-7-3-4-8-14(13)12-21(2)18(22)11-17-19(23)20-15-9-5-6-10-16(15)24-17/h3-10,17H,11-12H2,1-2H3,(H,20,23)/t17-/m0/s1. The summed E-state index contributed by atoms with van der Waals surface area (Å²) in [7, 11) is 1.79. The number of hydrogen-bond donors (Lipinski definition) is 1. The van der Waals surface area contributed by atoms with Crippen molar-refractivity contribution in [3.63, 3.8) is 0 Å². The quantitative estimate of drug-likeness (QED) is 0.927. The summed E-state index contributed by atoms with van der Waals surface area (Å²) in [5.74, 6) is -0.123. The second-order valence-corrected chi connectivity index (χ2v) is 7.22. The summed E-state index contributed by atoms with van der Waals surface area (Å²) in [6, 6.07) is 15.7. The predicted molar refractivity (Wildman–Crippen MR) is 97.0 cm³/mol. The van der Waals surface area contributed by atoms with E-state index in [0.717, 1.165) is 21.7 Å². The molecule has 0 saturated heterocycles. The van der Waals surface area contributed by atoms with Gasteiger partial charge in [-0.15, -0.1) is 11.8 Å². The van der Waals surface area contributed by atoms with Crippen LogP contribution in [-0.2, 0) is 16.1 Å². The lowest BCUT2D eigenvalue weighted by Gasteiger charge is -2.25. The zero-order chi connectivity index (χ0) is 17.1. The third kappa shape index (κ3) is 3.62. The van der Waals surface area contributed by atoms with Crippen molar-refractivity contribution in [1.29, 1.82) is 0 Å². The molecule has 1 atom stereocenters. The second kappa shape index (κ2) is 7.09. The van der Waals surface area contributed by atoms with E-state index in [9.17, 15) is 9.59 Å². The van der Waals surface area contributed by atoms with Gasteiger partial charge in [-0.1, -0.05) is 36.4 Å². The lowest BCUT2D eigenvalue weighted by Crippen LogP contribution is -2.35. The van der Waals surface area contributed by atoms with Crippen LogP contribution in [0.4, 0.5) is 5.69 Å². The van der Waals surface area contributed by atoms with Crippen molar-refractivity contribution in [2.24, 2.45) is 0 Å². The molecule has 5 heteroatoms. The Kier molecular flexibility index (Phi) is 4.90. The fourth-order valence-electron chi connectivity index (χ4n) is 2.67. The van der Waals surface area contributed by atoms with E-state index in [-0.39, 0.29) is 23.5 Å². The number of carbonyl (C=O) groups is 2. The lowest BCUT2D eigenvalue weighted by atomic mass is 10.1. The predicted octanol–water partition coefficient (Wildman–Crippen LogP) is 3.46. The van der Waals surface area contributed by atoms with E-state index in [1.807, 2.05) is 55.5 Å². The molecule has 0 radical (unpaired) electrons. The molecule has 0 spiro atoms. The fraction of sp³-hybridized carbons (Fsp3) is 0.263. The Balaban J connectivity index is 1.64. The largest absolute Gasteiger partial charge is 0.341 e. The summed E-state index contributed by atoms with van der Waals surface area (Å²) in [6.07, 6.45) is 0.202. The Morgan fingerprint density at radius 3 is 2.67 bits per heavy atom. The molecule has 0 aromatic heterocycles. The van der Waals surface area contributed by atoms with Crippen LogP contribution in [0, 0.1) is 6.92 Å². The van der Waals surface area contributed by atoms with Gasteiger partial charge >= 0.3 is 0 Å². The van der Waals surface area contributed by atoms with Gasteiger partial charge in [-0.25, -0.2) is 0 Å². The first-order valence-electron chi connectivity index (χ1n) is 7.89. The number of para-hydroxylation sites is 1. The van der Waals surface area contributed by atoms with Crippen molar-refractivity contribution in [3.8, 4) is 0 Å². The van der Waals surface area contributed by atoms with Crippen molar-refractivity contribution in [2.75, 3.05) is 12.4 Å². The lowest BCUT2D eigenvalue weighted by molar-refractivity contribution is -0.131. The van der Waals surface area contributed by atoms with Crippen LogP contribution in [0.2, 0.25) is 0 Å². The van der Waals surface area contributed by atoms with Gasteiger partial charge in [0.1, 0.15) is 0 Å². The fourth-order valence-corrected chi connectivity index (χ4v) is 3.77. The van der Waals surface area contributed by atoms with Gasteiger partial charge in [-0.3, -0.25) is 9.59 Å². The smallest absolute Gasteiger partial charge is 0.238 e. The number of aryl methyl sites for hydroxylation is 1. The molecule has 2 amide bonds. The Bertz CT molecular complexity index is 775. The van der Waals surface area contributed by atoms with E-state index >= 15 is 0 Å². The van der Waals surface area contributed by atoms with Crippen molar-refractivity contribution in [1.82, 2.24) is 4.90 Å². The average molecular weight is 340 g/mol. The first kappa shape index (κ1) is 16.6. The highest BCUT2D eigenvalue weighted by atomic mass is 32.2. The molecule has 0 saturated carbocycles. The molecule has 4 nitrogen and oxygen atoms in total. The summed E-state index contributed by atoms with van der Waals surface area (Å²) < 4.78 is 0. The van der Waals surface area contributed by atoms with E-state index in [2.05, 4.69) is 5.32 Å². The van der Waals surface area contributed by atoms with Crippen molar-refractivity contribution in [3.05, 3.63) is 59.7 Å². The zero-order valence-electron chi connectivity index (χ0n) is 13.8. The molecule has 1 aliphatic heterocycles. The molecule has 1 heterocycles. The van der Waals surface area contributed by atoms with Crippen LogP contribution in [0.3, 0.4) is 0 Å². The van der Waals surface area contributed by atoms with E-state index in [1.54, 1.807) is 11.9 Å². The maximum atomic E-state index is 12.5. The van der Waals surface area contributed by atoms with Crippen molar-refractivity contribution < 1.29 is 9.59 Å². The van der Waals surface area contributed by atoms with Gasteiger partial charge in [0.15, 0.2) is 0 Å². The van der Waals surface area contributed by atoms with Crippen molar-refractivity contribution >= 4 is 29.3 Å². The number of rotatable bonds is 4. The number of anilines is 1. The molecule has 2 aromatic rings. The minimum atomic E-state index is -0.383. The summed E-state index contributed by atoms with van der Waals surface area (Å²) in [6.45, 7) is 2.59. The summed E-state index contributed by atoms with van der Waals surface area (Å²) >= 11 is 1.46. The Morgan fingerprint density at radius 1 is 1.17 bits per heavy atom. The van der Waals surface area contributed by atoms with Crippen LogP contribution in [0.15, 0.2) is 53.4 Å². The van der Waals surface area contributed by atoms with Crippen LogP contribution in [0.1, 0.15) is 17.5 Å². The van der Waals surface area contributed by atoms with Crippen LogP contribution in [-0.4, -0.2) is 29.0 Å². The zero-order valence-corrected chi connectivity index (χ0v) is 14.6. The third-order valence-corrected chi connectivity index (χ3v) is 5.44. The molecule has 0 fully saturated rings. The highest BCUT2D eigenvalue weighted by Crippen LogP contribution is 2.36. The molecule has 2 aromatic carbocycles. The summed E-state index contributed by atoms with van der Waals surface area (Å²) in [4.78, 5) is 27.4. The van der Waals surface area contributed by atoms with Crippen LogP contribution >= 0.6 is 11.8 Å². The minimum absolute atomic E-state index is 0.0229. The first-order chi connectivity index (χ1) is 11.5. The molecule has 3 rings (SSSR count). The average Bonchev–Trinajstić information content (AvgIpc) is 2.57. The Hall–Kier alpha value is -2.27. The van der Waals surface area contributed by atoms with E-state index in [4.69, 9.17) is 0 Å². The minimum Gasteiger partial charge on any atom is -0.341 e. The van der Waals surface area contributed by atoms with Gasteiger partial charge in [0.05, 0.1) is 10.9 Å². The van der Waals surface area contributed by atoms with Crippen LogP contribution in [0.25, 0.3) is 0 Å². The van der Waals surface area contributed by atoms with Gasteiger partial charge in [0.25, 0.3) is 0 Å². The third-order valence-electron chi connectivity index (χ3n) is 4.16. The molecule has 0 unspecified atom stereocenters. The van der Waals surface area contributed by atoms with Gasteiger partial charge in [-0.2, -0.15) is 0 Å². The van der Waals surface area contributed by atoms with E-state index in [1.165, 1.54) is 11.8 Å². The number of fused-ring (bicyclic) bond motifs is 1. The second-order valence-electron chi connectivity index (χ2n) is 5.97. The SMILES string of the molecule is Cc1ccccc1CN(C)C(=O)C[C@@H]1Sc2ccccc2NC1=O. The van der Waals surface area contributed by atoms with Gasteiger partial charge in [0.2, 0.25) is 11.8 Å². The molecule has 0 bridgehead atoms. The number of amides is 2. The number of nitrogens with one attached hydrogen (secondary N) is 1. The highest BCUT2D eigenvalue weighted by molar-refractivity contribution is 8.01. The molecule has 1 aliphatic rings. The van der Waals surface area contributed by atoms with Gasteiger partial charge < -0.3 is 10.2 Å². The molecular formula is C19H20N2O2S. The first-order valence-corrected chi connectivity index (χ1v) is 8.77. The molecular weight excluding hydrogens is 320 g/mol. The van der Waals surface area contributed by atoms with Crippen LogP contribution in [0.5, 0.6) is 0 Å². The Morgan fingerprint density at radius 2 is 1.88 bits per heavy atom. The molecule has 0 aliphatic carbocycles.